The molecule has 25 heavy (non-hydrogen) atoms. The van der Waals surface area contributed by atoms with E-state index in [1.807, 2.05) is 18.2 Å². The molecular weight excluding hydrogens is 322 g/mol. The van der Waals surface area contributed by atoms with Crippen LogP contribution in [0.2, 0.25) is 0 Å². The summed E-state index contributed by atoms with van der Waals surface area (Å²) in [6.07, 6.45) is 1.60. The molecule has 0 radical (unpaired) electrons. The number of benzene rings is 1. The van der Waals surface area contributed by atoms with Crippen molar-refractivity contribution in [2.75, 3.05) is 39.8 Å². The minimum Gasteiger partial charge on any atom is -0.493 e. The lowest BCUT2D eigenvalue weighted by atomic mass is 10.2. The van der Waals surface area contributed by atoms with Gasteiger partial charge < -0.3 is 24.8 Å². The standard InChI is InChI=1S/C18H23N3O4/c1-23-9-8-20-17-11-14(6-7-19-17)18(22)21-12-13-4-5-15(24-2)16(10-13)25-3/h4-7,10-11H,8-9,12H2,1-3H3,(H,19,20)(H,21,22). The van der Waals surface area contributed by atoms with E-state index in [1.54, 1.807) is 39.7 Å². The Morgan fingerprint density at radius 2 is 1.88 bits per heavy atom. The third-order valence-corrected chi connectivity index (χ3v) is 3.54. The fourth-order valence-corrected chi connectivity index (χ4v) is 2.22. The van der Waals surface area contributed by atoms with Crippen molar-refractivity contribution in [3.8, 4) is 11.5 Å². The van der Waals surface area contributed by atoms with Crippen LogP contribution in [-0.4, -0.2) is 45.4 Å². The van der Waals surface area contributed by atoms with Crippen LogP contribution in [0.4, 0.5) is 5.82 Å². The van der Waals surface area contributed by atoms with Gasteiger partial charge in [0.05, 0.1) is 20.8 Å². The Hall–Kier alpha value is -2.80. The molecule has 0 bridgehead atoms. The Labute approximate surface area is 147 Å². The van der Waals surface area contributed by atoms with Crippen molar-refractivity contribution in [1.82, 2.24) is 10.3 Å². The SMILES string of the molecule is COCCNc1cc(C(=O)NCc2ccc(OC)c(OC)c2)ccn1. The van der Waals surface area contributed by atoms with Crippen molar-refractivity contribution in [3.05, 3.63) is 47.7 Å². The van der Waals surface area contributed by atoms with Crippen LogP contribution < -0.4 is 20.1 Å². The first kappa shape index (κ1) is 18.5. The molecule has 0 spiro atoms. The summed E-state index contributed by atoms with van der Waals surface area (Å²) in [6.45, 7) is 1.57. The lowest BCUT2D eigenvalue weighted by Crippen LogP contribution is -2.23. The number of anilines is 1. The molecule has 2 N–H and O–H groups in total. The number of rotatable bonds is 9. The maximum absolute atomic E-state index is 12.3. The number of hydrogen-bond acceptors (Lipinski definition) is 6. The topological polar surface area (TPSA) is 81.7 Å². The van der Waals surface area contributed by atoms with Crippen molar-refractivity contribution in [2.24, 2.45) is 0 Å². The second-order valence-electron chi connectivity index (χ2n) is 5.22. The molecule has 7 nitrogen and oxygen atoms in total. The summed E-state index contributed by atoms with van der Waals surface area (Å²) in [7, 11) is 4.80. The summed E-state index contributed by atoms with van der Waals surface area (Å²) < 4.78 is 15.4. The number of nitrogens with one attached hydrogen (secondary N) is 2. The quantitative estimate of drug-likeness (QED) is 0.677. The first-order valence-electron chi connectivity index (χ1n) is 7.86. The molecule has 1 heterocycles. The molecule has 0 unspecified atom stereocenters. The van der Waals surface area contributed by atoms with E-state index in [0.29, 0.717) is 42.6 Å². The van der Waals surface area contributed by atoms with Gasteiger partial charge in [-0.3, -0.25) is 4.79 Å². The van der Waals surface area contributed by atoms with Crippen LogP contribution in [0.3, 0.4) is 0 Å². The van der Waals surface area contributed by atoms with Gasteiger partial charge in [-0.05, 0) is 29.8 Å². The number of carbonyl (C=O) groups is 1. The molecule has 0 saturated heterocycles. The maximum Gasteiger partial charge on any atom is 0.251 e. The molecular formula is C18H23N3O4. The average molecular weight is 345 g/mol. The van der Waals surface area contributed by atoms with Crippen LogP contribution >= 0.6 is 0 Å². The lowest BCUT2D eigenvalue weighted by Gasteiger charge is -2.11. The summed E-state index contributed by atoms with van der Waals surface area (Å²) in [4.78, 5) is 16.5. The van der Waals surface area contributed by atoms with Crippen molar-refractivity contribution < 1.29 is 19.0 Å². The number of ether oxygens (including phenoxy) is 3. The van der Waals surface area contributed by atoms with Crippen molar-refractivity contribution in [1.29, 1.82) is 0 Å². The Morgan fingerprint density at radius 3 is 2.60 bits per heavy atom. The number of amides is 1. The maximum atomic E-state index is 12.3. The Morgan fingerprint density at radius 1 is 1.08 bits per heavy atom. The smallest absolute Gasteiger partial charge is 0.251 e. The number of pyridine rings is 1. The van der Waals surface area contributed by atoms with Gasteiger partial charge in [-0.15, -0.1) is 0 Å². The molecule has 0 saturated carbocycles. The number of nitrogens with zero attached hydrogens (tertiary/aromatic N) is 1. The zero-order chi connectivity index (χ0) is 18.1. The van der Waals surface area contributed by atoms with Gasteiger partial charge in [0.15, 0.2) is 11.5 Å². The molecule has 2 rings (SSSR count). The highest BCUT2D eigenvalue weighted by Crippen LogP contribution is 2.27. The van der Waals surface area contributed by atoms with E-state index < -0.39 is 0 Å². The molecule has 7 heteroatoms. The Balaban J connectivity index is 1.97. The third kappa shape index (κ3) is 5.36. The summed E-state index contributed by atoms with van der Waals surface area (Å²) in [5.41, 5.74) is 1.45. The van der Waals surface area contributed by atoms with E-state index in [0.717, 1.165) is 5.56 Å². The van der Waals surface area contributed by atoms with Gasteiger partial charge >= 0.3 is 0 Å². The van der Waals surface area contributed by atoms with Crippen LogP contribution in [0.15, 0.2) is 36.5 Å². The Kier molecular flexibility index (Phi) is 7.03. The van der Waals surface area contributed by atoms with E-state index >= 15 is 0 Å². The molecule has 0 aliphatic carbocycles. The van der Waals surface area contributed by atoms with Crippen molar-refractivity contribution in [2.45, 2.75) is 6.54 Å². The van der Waals surface area contributed by atoms with Crippen LogP contribution in [0.1, 0.15) is 15.9 Å². The number of aromatic nitrogens is 1. The molecule has 1 aromatic carbocycles. The fourth-order valence-electron chi connectivity index (χ4n) is 2.22. The van der Waals surface area contributed by atoms with Crippen LogP contribution in [-0.2, 0) is 11.3 Å². The minimum absolute atomic E-state index is 0.174. The third-order valence-electron chi connectivity index (χ3n) is 3.54. The highest BCUT2D eigenvalue weighted by atomic mass is 16.5. The monoisotopic (exact) mass is 345 g/mol. The lowest BCUT2D eigenvalue weighted by molar-refractivity contribution is 0.0951. The largest absolute Gasteiger partial charge is 0.493 e. The van der Waals surface area contributed by atoms with Gasteiger partial charge in [0, 0.05) is 32.0 Å². The molecule has 0 aliphatic heterocycles. The highest BCUT2D eigenvalue weighted by Gasteiger charge is 2.09. The van der Waals surface area contributed by atoms with Crippen LogP contribution in [0, 0.1) is 0 Å². The van der Waals surface area contributed by atoms with Gasteiger partial charge in [-0.1, -0.05) is 6.07 Å². The molecule has 1 amide bonds. The number of methoxy groups -OCH3 is 3. The van der Waals surface area contributed by atoms with E-state index in [2.05, 4.69) is 15.6 Å². The average Bonchev–Trinajstić information content (AvgIpc) is 2.66. The van der Waals surface area contributed by atoms with Gasteiger partial charge in [-0.2, -0.15) is 0 Å². The molecule has 0 aliphatic rings. The molecule has 2 aromatic rings. The van der Waals surface area contributed by atoms with Gasteiger partial charge in [0.25, 0.3) is 5.91 Å². The number of hydrogen-bond donors (Lipinski definition) is 2. The normalized spacial score (nSPS) is 10.2. The predicted molar refractivity (Wildman–Crippen MR) is 95.3 cm³/mol. The molecule has 0 atom stereocenters. The van der Waals surface area contributed by atoms with Gasteiger partial charge in [-0.25, -0.2) is 4.98 Å². The minimum atomic E-state index is -0.174. The van der Waals surface area contributed by atoms with E-state index in [-0.39, 0.29) is 5.91 Å². The Bertz CT molecular complexity index is 706. The van der Waals surface area contributed by atoms with E-state index in [9.17, 15) is 4.79 Å². The van der Waals surface area contributed by atoms with Crippen molar-refractivity contribution in [3.63, 3.8) is 0 Å². The summed E-state index contributed by atoms with van der Waals surface area (Å²) >= 11 is 0. The van der Waals surface area contributed by atoms with Gasteiger partial charge in [0.1, 0.15) is 5.82 Å². The second-order valence-corrected chi connectivity index (χ2v) is 5.22. The number of carbonyl (C=O) groups excluding carboxylic acids is 1. The van der Waals surface area contributed by atoms with E-state index in [4.69, 9.17) is 14.2 Å². The zero-order valence-corrected chi connectivity index (χ0v) is 14.7. The molecule has 134 valence electrons. The fraction of sp³-hybridized carbons (Fsp3) is 0.333. The summed E-state index contributed by atoms with van der Waals surface area (Å²) in [6, 6.07) is 8.91. The molecule has 1 aromatic heterocycles. The zero-order valence-electron chi connectivity index (χ0n) is 14.7. The van der Waals surface area contributed by atoms with Crippen LogP contribution in [0.25, 0.3) is 0 Å². The van der Waals surface area contributed by atoms with Gasteiger partial charge in [0.2, 0.25) is 0 Å². The molecule has 0 fully saturated rings. The highest BCUT2D eigenvalue weighted by molar-refractivity contribution is 5.94. The first-order valence-corrected chi connectivity index (χ1v) is 7.86. The first-order chi connectivity index (χ1) is 12.2. The van der Waals surface area contributed by atoms with Crippen molar-refractivity contribution >= 4 is 11.7 Å². The summed E-state index contributed by atoms with van der Waals surface area (Å²) in [5, 5.41) is 5.98. The second kappa shape index (κ2) is 9.48. The summed E-state index contributed by atoms with van der Waals surface area (Å²) in [5.74, 6) is 1.74. The predicted octanol–water partition coefficient (Wildman–Crippen LogP) is 2.09. The van der Waals surface area contributed by atoms with E-state index in [1.165, 1.54) is 0 Å². The van der Waals surface area contributed by atoms with Crippen LogP contribution in [0.5, 0.6) is 11.5 Å².